The largest absolute Gasteiger partial charge is 0.388 e. The average Bonchev–Trinajstić information content (AvgIpc) is 2.27. The van der Waals surface area contributed by atoms with Gasteiger partial charge in [-0.3, -0.25) is 0 Å². The Morgan fingerprint density at radius 2 is 2.36 bits per heavy atom. The highest BCUT2D eigenvalue weighted by molar-refractivity contribution is 5.55. The Morgan fingerprint density at radius 1 is 1.50 bits per heavy atom. The van der Waals surface area contributed by atoms with Crippen LogP contribution in [0.3, 0.4) is 0 Å². The summed E-state index contributed by atoms with van der Waals surface area (Å²) in [7, 11) is 0. The Labute approximate surface area is 85.0 Å². The highest BCUT2D eigenvalue weighted by atomic mass is 16.3. The molecule has 0 aromatic heterocycles. The monoisotopic (exact) mass is 191 g/mol. The van der Waals surface area contributed by atoms with Gasteiger partial charge in [0.05, 0.1) is 6.10 Å². The highest BCUT2D eigenvalue weighted by Crippen LogP contribution is 2.26. The minimum Gasteiger partial charge on any atom is -0.388 e. The van der Waals surface area contributed by atoms with E-state index in [2.05, 4.69) is 17.4 Å². The average molecular weight is 191 g/mol. The first-order valence-corrected chi connectivity index (χ1v) is 5.36. The van der Waals surface area contributed by atoms with Crippen LogP contribution in [-0.2, 0) is 6.42 Å². The van der Waals surface area contributed by atoms with E-state index in [1.165, 1.54) is 17.7 Å². The summed E-state index contributed by atoms with van der Waals surface area (Å²) in [6, 6.07) is 6.26. The Bertz CT molecular complexity index is 322. The van der Waals surface area contributed by atoms with E-state index < -0.39 is 0 Å². The van der Waals surface area contributed by atoms with Gasteiger partial charge in [0.15, 0.2) is 0 Å². The van der Waals surface area contributed by atoms with Crippen LogP contribution in [0.25, 0.3) is 0 Å². The van der Waals surface area contributed by atoms with E-state index in [0.29, 0.717) is 0 Å². The number of anilines is 1. The zero-order valence-corrected chi connectivity index (χ0v) is 8.59. The molecule has 0 bridgehead atoms. The summed E-state index contributed by atoms with van der Waals surface area (Å²) in [5, 5.41) is 13.1. The number of fused-ring (bicyclic) bond motifs is 1. The number of nitrogens with one attached hydrogen (secondary N) is 1. The molecule has 0 spiro atoms. The molecule has 1 aliphatic heterocycles. The van der Waals surface area contributed by atoms with Gasteiger partial charge in [-0.05, 0) is 36.5 Å². The molecule has 2 rings (SSSR count). The van der Waals surface area contributed by atoms with Gasteiger partial charge in [0.25, 0.3) is 0 Å². The van der Waals surface area contributed by atoms with Crippen molar-refractivity contribution in [2.75, 3.05) is 11.9 Å². The fourth-order valence-corrected chi connectivity index (χ4v) is 1.92. The van der Waals surface area contributed by atoms with Crippen LogP contribution in [0.1, 0.15) is 37.0 Å². The van der Waals surface area contributed by atoms with Gasteiger partial charge in [0.1, 0.15) is 0 Å². The van der Waals surface area contributed by atoms with E-state index in [1.54, 1.807) is 0 Å². The zero-order valence-electron chi connectivity index (χ0n) is 8.59. The molecule has 0 fully saturated rings. The molecule has 1 aromatic carbocycles. The highest BCUT2D eigenvalue weighted by Gasteiger charge is 2.11. The van der Waals surface area contributed by atoms with E-state index in [4.69, 9.17) is 0 Å². The van der Waals surface area contributed by atoms with Crippen LogP contribution >= 0.6 is 0 Å². The molecule has 76 valence electrons. The van der Waals surface area contributed by atoms with Crippen LogP contribution in [0.15, 0.2) is 18.2 Å². The van der Waals surface area contributed by atoms with Crippen LogP contribution < -0.4 is 5.32 Å². The number of rotatable bonds is 2. The molecule has 2 heteroatoms. The molecule has 0 radical (unpaired) electrons. The van der Waals surface area contributed by atoms with Crippen molar-refractivity contribution in [3.8, 4) is 0 Å². The van der Waals surface area contributed by atoms with E-state index in [-0.39, 0.29) is 6.10 Å². The third-order valence-electron chi connectivity index (χ3n) is 2.84. The summed E-state index contributed by atoms with van der Waals surface area (Å²) in [5.74, 6) is 0. The van der Waals surface area contributed by atoms with Crippen molar-refractivity contribution in [1.29, 1.82) is 0 Å². The van der Waals surface area contributed by atoms with Gasteiger partial charge in [-0.1, -0.05) is 19.1 Å². The third kappa shape index (κ3) is 1.75. The minimum atomic E-state index is -0.316. The molecular weight excluding hydrogens is 174 g/mol. The maximum atomic E-state index is 9.70. The first-order valence-electron chi connectivity index (χ1n) is 5.36. The van der Waals surface area contributed by atoms with Crippen LogP contribution in [0.4, 0.5) is 5.69 Å². The van der Waals surface area contributed by atoms with Gasteiger partial charge in [0, 0.05) is 12.2 Å². The molecule has 0 saturated carbocycles. The summed E-state index contributed by atoms with van der Waals surface area (Å²) in [4.78, 5) is 0. The zero-order chi connectivity index (χ0) is 9.97. The lowest BCUT2D eigenvalue weighted by Crippen LogP contribution is -2.12. The molecule has 1 aromatic rings. The smallest absolute Gasteiger partial charge is 0.0788 e. The lowest BCUT2D eigenvalue weighted by atomic mass is 9.98. The summed E-state index contributed by atoms with van der Waals surface area (Å²) in [6.45, 7) is 3.05. The van der Waals surface area contributed by atoms with Crippen molar-refractivity contribution in [2.24, 2.45) is 0 Å². The maximum Gasteiger partial charge on any atom is 0.0788 e. The van der Waals surface area contributed by atoms with E-state index in [1.807, 2.05) is 13.0 Å². The molecule has 1 atom stereocenters. The van der Waals surface area contributed by atoms with Crippen LogP contribution in [0.2, 0.25) is 0 Å². The minimum absolute atomic E-state index is 0.316. The Hall–Kier alpha value is -1.02. The second kappa shape index (κ2) is 4.01. The summed E-state index contributed by atoms with van der Waals surface area (Å²) in [6.07, 6.45) is 2.83. The maximum absolute atomic E-state index is 9.70. The van der Waals surface area contributed by atoms with E-state index >= 15 is 0 Å². The Balaban J connectivity index is 2.29. The Kier molecular flexibility index (Phi) is 2.73. The topological polar surface area (TPSA) is 32.3 Å². The molecular formula is C12H17NO. The molecule has 2 nitrogen and oxygen atoms in total. The standard InChI is InChI=1S/C12H17NO/c1-2-12(14)10-6-5-9-4-3-7-13-11(9)8-10/h5-6,8,12-14H,2-4,7H2,1H3. The van der Waals surface area contributed by atoms with Crippen molar-refractivity contribution in [3.63, 3.8) is 0 Å². The lowest BCUT2D eigenvalue weighted by Gasteiger charge is -2.19. The summed E-state index contributed by atoms with van der Waals surface area (Å²) < 4.78 is 0. The molecule has 2 N–H and O–H groups in total. The van der Waals surface area contributed by atoms with Crippen LogP contribution in [0.5, 0.6) is 0 Å². The van der Waals surface area contributed by atoms with E-state index in [9.17, 15) is 5.11 Å². The SMILES string of the molecule is CCC(O)c1ccc2c(c1)NCCC2. The van der Waals surface area contributed by atoms with Crippen LogP contribution in [-0.4, -0.2) is 11.7 Å². The summed E-state index contributed by atoms with van der Waals surface area (Å²) in [5.41, 5.74) is 3.62. The number of hydrogen-bond donors (Lipinski definition) is 2. The van der Waals surface area contributed by atoms with Crippen molar-refractivity contribution in [1.82, 2.24) is 0 Å². The van der Waals surface area contributed by atoms with Gasteiger partial charge in [0.2, 0.25) is 0 Å². The molecule has 1 aliphatic rings. The molecule has 0 saturated heterocycles. The van der Waals surface area contributed by atoms with Crippen molar-refractivity contribution >= 4 is 5.69 Å². The summed E-state index contributed by atoms with van der Waals surface area (Å²) >= 11 is 0. The second-order valence-corrected chi connectivity index (χ2v) is 3.87. The predicted octanol–water partition coefficient (Wildman–Crippen LogP) is 2.49. The molecule has 1 heterocycles. The molecule has 1 unspecified atom stereocenters. The van der Waals surface area contributed by atoms with Gasteiger partial charge in [-0.25, -0.2) is 0 Å². The van der Waals surface area contributed by atoms with E-state index in [0.717, 1.165) is 24.9 Å². The Morgan fingerprint density at radius 3 is 3.14 bits per heavy atom. The van der Waals surface area contributed by atoms with Crippen molar-refractivity contribution in [2.45, 2.75) is 32.3 Å². The van der Waals surface area contributed by atoms with Crippen molar-refractivity contribution in [3.05, 3.63) is 29.3 Å². The molecule has 14 heavy (non-hydrogen) atoms. The second-order valence-electron chi connectivity index (χ2n) is 3.87. The third-order valence-corrected chi connectivity index (χ3v) is 2.84. The predicted molar refractivity (Wildman–Crippen MR) is 58.5 cm³/mol. The number of benzene rings is 1. The number of aryl methyl sites for hydroxylation is 1. The molecule has 0 aliphatic carbocycles. The number of aliphatic hydroxyl groups excluding tert-OH is 1. The van der Waals surface area contributed by atoms with Gasteiger partial charge >= 0.3 is 0 Å². The fourth-order valence-electron chi connectivity index (χ4n) is 1.92. The van der Waals surface area contributed by atoms with Gasteiger partial charge in [-0.2, -0.15) is 0 Å². The number of aliphatic hydroxyl groups is 1. The lowest BCUT2D eigenvalue weighted by molar-refractivity contribution is 0.173. The fraction of sp³-hybridized carbons (Fsp3) is 0.500. The number of hydrogen-bond acceptors (Lipinski definition) is 2. The van der Waals surface area contributed by atoms with Gasteiger partial charge in [-0.15, -0.1) is 0 Å². The van der Waals surface area contributed by atoms with Crippen molar-refractivity contribution < 1.29 is 5.11 Å². The van der Waals surface area contributed by atoms with Gasteiger partial charge < -0.3 is 10.4 Å². The molecule has 0 amide bonds. The quantitative estimate of drug-likeness (QED) is 0.752. The van der Waals surface area contributed by atoms with Crippen LogP contribution in [0, 0.1) is 0 Å². The first kappa shape index (κ1) is 9.53. The first-order chi connectivity index (χ1) is 6.81. The normalized spacial score (nSPS) is 17.0.